The lowest BCUT2D eigenvalue weighted by Crippen LogP contribution is -1.98. The number of pyridine rings is 1. The maximum absolute atomic E-state index is 5.46. The summed E-state index contributed by atoms with van der Waals surface area (Å²) in [6, 6.07) is 9.99. The largest absolute Gasteiger partial charge is 0.325 e. The average Bonchev–Trinajstić information content (AvgIpc) is 2.17. The third kappa shape index (κ3) is 1.17. The van der Waals surface area contributed by atoms with Crippen molar-refractivity contribution in [3.8, 4) is 0 Å². The molecule has 0 aliphatic rings. The molecule has 12 heavy (non-hydrogen) atoms. The molecule has 2 aromatic rings. The Morgan fingerprint density at radius 3 is 3.00 bits per heavy atom. The van der Waals surface area contributed by atoms with Gasteiger partial charge >= 0.3 is 0 Å². The van der Waals surface area contributed by atoms with Crippen molar-refractivity contribution in [3.05, 3.63) is 42.2 Å². The van der Waals surface area contributed by atoms with Crippen molar-refractivity contribution >= 4 is 10.8 Å². The van der Waals surface area contributed by atoms with Gasteiger partial charge in [-0.2, -0.15) is 0 Å². The SMILES string of the molecule is NCc1cc2ccccc2[c]n1. The smallest absolute Gasteiger partial charge is 0.0974 e. The lowest BCUT2D eigenvalue weighted by Gasteiger charge is -1.97. The summed E-state index contributed by atoms with van der Waals surface area (Å²) in [5.74, 6) is 0. The molecule has 2 rings (SSSR count). The summed E-state index contributed by atoms with van der Waals surface area (Å²) >= 11 is 0. The molecule has 0 saturated heterocycles. The monoisotopic (exact) mass is 157 g/mol. The van der Waals surface area contributed by atoms with Crippen molar-refractivity contribution in [3.63, 3.8) is 0 Å². The quantitative estimate of drug-likeness (QED) is 0.681. The number of fused-ring (bicyclic) bond motifs is 1. The summed E-state index contributed by atoms with van der Waals surface area (Å²) in [5, 5.41) is 2.18. The second-order valence-electron chi connectivity index (χ2n) is 2.65. The van der Waals surface area contributed by atoms with Crippen LogP contribution in [-0.4, -0.2) is 4.98 Å². The Kier molecular flexibility index (Phi) is 1.76. The summed E-state index contributed by atoms with van der Waals surface area (Å²) in [5.41, 5.74) is 6.34. The molecule has 1 radical (unpaired) electrons. The second-order valence-corrected chi connectivity index (χ2v) is 2.65. The topological polar surface area (TPSA) is 38.9 Å². The van der Waals surface area contributed by atoms with E-state index in [1.807, 2.05) is 30.3 Å². The van der Waals surface area contributed by atoms with Crippen molar-refractivity contribution in [1.82, 2.24) is 4.98 Å². The molecule has 0 saturated carbocycles. The van der Waals surface area contributed by atoms with E-state index in [-0.39, 0.29) is 0 Å². The number of rotatable bonds is 1. The van der Waals surface area contributed by atoms with Crippen LogP contribution < -0.4 is 5.73 Å². The van der Waals surface area contributed by atoms with E-state index in [9.17, 15) is 0 Å². The number of hydrogen-bond acceptors (Lipinski definition) is 2. The molecule has 59 valence electrons. The Labute approximate surface area is 71.0 Å². The Morgan fingerprint density at radius 2 is 2.17 bits per heavy atom. The number of hydrogen-bond donors (Lipinski definition) is 1. The number of nitrogens with two attached hydrogens (primary N) is 1. The zero-order valence-corrected chi connectivity index (χ0v) is 6.62. The highest BCUT2D eigenvalue weighted by atomic mass is 14.7. The molecule has 0 aliphatic heterocycles. The molecule has 0 atom stereocenters. The van der Waals surface area contributed by atoms with Crippen LogP contribution in [0.1, 0.15) is 5.69 Å². The first-order valence-corrected chi connectivity index (χ1v) is 3.86. The number of aromatic nitrogens is 1. The standard InChI is InChI=1S/C10H9N2/c11-6-10-5-8-3-1-2-4-9(8)7-12-10/h1-5H,6,11H2. The van der Waals surface area contributed by atoms with Gasteiger partial charge in [0.25, 0.3) is 0 Å². The van der Waals surface area contributed by atoms with E-state index in [2.05, 4.69) is 11.2 Å². The second kappa shape index (κ2) is 2.91. The van der Waals surface area contributed by atoms with E-state index in [0.29, 0.717) is 6.54 Å². The Balaban J connectivity index is 2.67. The van der Waals surface area contributed by atoms with Crippen molar-refractivity contribution < 1.29 is 0 Å². The molecule has 1 aromatic carbocycles. The van der Waals surface area contributed by atoms with Gasteiger partial charge in [0.2, 0.25) is 0 Å². The van der Waals surface area contributed by atoms with Crippen molar-refractivity contribution in [1.29, 1.82) is 0 Å². The van der Waals surface area contributed by atoms with Gasteiger partial charge in [-0.1, -0.05) is 24.3 Å². The van der Waals surface area contributed by atoms with Crippen LogP contribution in [-0.2, 0) is 6.54 Å². The van der Waals surface area contributed by atoms with Crippen LogP contribution in [0.4, 0.5) is 0 Å². The summed E-state index contributed by atoms with van der Waals surface area (Å²) < 4.78 is 0. The van der Waals surface area contributed by atoms with Gasteiger partial charge < -0.3 is 5.73 Å². The highest BCUT2D eigenvalue weighted by Crippen LogP contribution is 2.11. The first-order valence-electron chi connectivity index (χ1n) is 3.86. The lowest BCUT2D eigenvalue weighted by molar-refractivity contribution is 0.995. The Hall–Kier alpha value is -1.41. The van der Waals surface area contributed by atoms with Gasteiger partial charge in [0.15, 0.2) is 0 Å². The van der Waals surface area contributed by atoms with E-state index in [1.165, 1.54) is 0 Å². The fraction of sp³-hybridized carbons (Fsp3) is 0.100. The van der Waals surface area contributed by atoms with Gasteiger partial charge in [-0.25, -0.2) is 4.98 Å². The van der Waals surface area contributed by atoms with Crippen molar-refractivity contribution in [2.75, 3.05) is 0 Å². The summed E-state index contributed by atoms with van der Waals surface area (Å²) in [6.07, 6.45) is 2.94. The van der Waals surface area contributed by atoms with E-state index >= 15 is 0 Å². The van der Waals surface area contributed by atoms with Gasteiger partial charge in [-0.15, -0.1) is 0 Å². The molecule has 0 fully saturated rings. The minimum Gasteiger partial charge on any atom is -0.325 e. The third-order valence-electron chi connectivity index (χ3n) is 1.81. The molecular weight excluding hydrogens is 148 g/mol. The van der Waals surface area contributed by atoms with Crippen LogP contribution in [0.2, 0.25) is 0 Å². The minimum atomic E-state index is 0.474. The van der Waals surface area contributed by atoms with Crippen molar-refractivity contribution in [2.45, 2.75) is 6.54 Å². The van der Waals surface area contributed by atoms with Crippen LogP contribution in [0.5, 0.6) is 0 Å². The predicted octanol–water partition coefficient (Wildman–Crippen LogP) is 1.49. The molecule has 2 nitrogen and oxygen atoms in total. The molecule has 2 heteroatoms. The van der Waals surface area contributed by atoms with Crippen LogP contribution >= 0.6 is 0 Å². The minimum absolute atomic E-state index is 0.474. The van der Waals surface area contributed by atoms with Crippen LogP contribution in [0.15, 0.2) is 30.3 Å². The van der Waals surface area contributed by atoms with E-state index in [0.717, 1.165) is 16.5 Å². The predicted molar refractivity (Wildman–Crippen MR) is 48.5 cm³/mol. The molecule has 1 aromatic heterocycles. The summed E-state index contributed by atoms with van der Waals surface area (Å²) in [6.45, 7) is 0.474. The molecule has 1 heterocycles. The molecule has 0 spiro atoms. The van der Waals surface area contributed by atoms with Gasteiger partial charge in [0.05, 0.1) is 11.9 Å². The fourth-order valence-corrected chi connectivity index (χ4v) is 1.17. The summed E-state index contributed by atoms with van der Waals surface area (Å²) in [7, 11) is 0. The number of benzene rings is 1. The van der Waals surface area contributed by atoms with E-state index in [4.69, 9.17) is 5.73 Å². The van der Waals surface area contributed by atoms with Gasteiger partial charge in [-0.3, -0.25) is 0 Å². The zero-order valence-electron chi connectivity index (χ0n) is 6.62. The maximum atomic E-state index is 5.46. The average molecular weight is 157 g/mol. The van der Waals surface area contributed by atoms with Crippen molar-refractivity contribution in [2.24, 2.45) is 5.73 Å². The molecule has 2 N–H and O–H groups in total. The molecular formula is C10H9N2. The molecule has 0 aliphatic carbocycles. The first-order chi connectivity index (χ1) is 5.90. The maximum Gasteiger partial charge on any atom is 0.0974 e. The van der Waals surface area contributed by atoms with Gasteiger partial charge in [0.1, 0.15) is 0 Å². The third-order valence-corrected chi connectivity index (χ3v) is 1.81. The number of nitrogens with zero attached hydrogens (tertiary/aromatic N) is 1. The van der Waals surface area contributed by atoms with Crippen LogP contribution in [0.3, 0.4) is 0 Å². The Morgan fingerprint density at radius 1 is 1.33 bits per heavy atom. The highest BCUT2D eigenvalue weighted by molar-refractivity contribution is 5.81. The van der Waals surface area contributed by atoms with E-state index < -0.39 is 0 Å². The van der Waals surface area contributed by atoms with Crippen LogP contribution in [0.25, 0.3) is 10.8 Å². The summed E-state index contributed by atoms with van der Waals surface area (Å²) in [4.78, 5) is 4.08. The Bertz CT molecular complexity index is 396. The molecule has 0 amide bonds. The lowest BCUT2D eigenvalue weighted by atomic mass is 10.1. The van der Waals surface area contributed by atoms with Gasteiger partial charge in [-0.05, 0) is 11.5 Å². The molecule has 0 unspecified atom stereocenters. The van der Waals surface area contributed by atoms with Crippen LogP contribution in [0, 0.1) is 6.20 Å². The fourth-order valence-electron chi connectivity index (χ4n) is 1.17. The van der Waals surface area contributed by atoms with Gasteiger partial charge in [0, 0.05) is 11.9 Å². The highest BCUT2D eigenvalue weighted by Gasteiger charge is 1.94. The zero-order chi connectivity index (χ0) is 8.39. The molecule has 0 bridgehead atoms. The van der Waals surface area contributed by atoms with E-state index in [1.54, 1.807) is 0 Å². The normalized spacial score (nSPS) is 10.4. The first kappa shape index (κ1) is 7.25.